The van der Waals surface area contributed by atoms with Crippen LogP contribution >= 0.6 is 0 Å². The van der Waals surface area contributed by atoms with Crippen LogP contribution in [0.2, 0.25) is 0 Å². The molecule has 0 spiro atoms. The highest BCUT2D eigenvalue weighted by atomic mass is 16.5. The van der Waals surface area contributed by atoms with Crippen molar-refractivity contribution in [3.63, 3.8) is 0 Å². The number of hydrogen-bond donors (Lipinski definition) is 0. The molecule has 0 aliphatic heterocycles. The molecule has 0 fully saturated rings. The standard InChI is InChI=1S/C31H33N5O2/c1-4-6-12-29-28(18-23-13-15-24(16-14-23)27-11-9-8-10-25(27)19-32)30(37)36(22(3)35-29)31-33-20-26(21-34-31)38-17-7-5-2/h8-11,13-16,20-21H,4-7,12,17-18H2,1-3H3. The fourth-order valence-electron chi connectivity index (χ4n) is 4.35. The molecule has 0 radical (unpaired) electrons. The predicted octanol–water partition coefficient (Wildman–Crippen LogP) is 5.98. The van der Waals surface area contributed by atoms with E-state index in [4.69, 9.17) is 9.72 Å². The van der Waals surface area contributed by atoms with Crippen molar-refractivity contribution in [2.75, 3.05) is 6.61 Å². The highest BCUT2D eigenvalue weighted by molar-refractivity contribution is 5.70. The van der Waals surface area contributed by atoms with Gasteiger partial charge in [-0.2, -0.15) is 5.26 Å². The van der Waals surface area contributed by atoms with Gasteiger partial charge in [0.25, 0.3) is 5.56 Å². The first-order valence-electron chi connectivity index (χ1n) is 13.2. The lowest BCUT2D eigenvalue weighted by atomic mass is 9.97. The lowest BCUT2D eigenvalue weighted by Crippen LogP contribution is -2.29. The Bertz CT molecular complexity index is 1470. The van der Waals surface area contributed by atoms with Gasteiger partial charge in [0.05, 0.1) is 36.3 Å². The summed E-state index contributed by atoms with van der Waals surface area (Å²) in [4.78, 5) is 27.5. The summed E-state index contributed by atoms with van der Waals surface area (Å²) in [6, 6.07) is 17.8. The van der Waals surface area contributed by atoms with E-state index in [0.717, 1.165) is 54.5 Å². The van der Waals surface area contributed by atoms with Gasteiger partial charge in [-0.15, -0.1) is 0 Å². The Morgan fingerprint density at radius 2 is 1.68 bits per heavy atom. The van der Waals surface area contributed by atoms with Crippen molar-refractivity contribution in [1.29, 1.82) is 5.26 Å². The number of nitriles is 1. The molecule has 2 aromatic carbocycles. The molecule has 0 saturated heterocycles. The minimum Gasteiger partial charge on any atom is -0.490 e. The van der Waals surface area contributed by atoms with Crippen LogP contribution in [-0.2, 0) is 12.8 Å². The largest absolute Gasteiger partial charge is 0.490 e. The topological polar surface area (TPSA) is 93.7 Å². The third kappa shape index (κ3) is 6.15. The Kier molecular flexibility index (Phi) is 8.99. The zero-order chi connectivity index (χ0) is 26.9. The van der Waals surface area contributed by atoms with Crippen LogP contribution in [0, 0.1) is 18.3 Å². The van der Waals surface area contributed by atoms with Gasteiger partial charge in [-0.05, 0) is 48.9 Å². The van der Waals surface area contributed by atoms with Crippen LogP contribution < -0.4 is 10.3 Å². The maximum Gasteiger partial charge on any atom is 0.264 e. The third-order valence-electron chi connectivity index (χ3n) is 6.47. The number of hydrogen-bond acceptors (Lipinski definition) is 6. The molecule has 2 heterocycles. The fourth-order valence-corrected chi connectivity index (χ4v) is 4.35. The Morgan fingerprint density at radius 3 is 2.37 bits per heavy atom. The van der Waals surface area contributed by atoms with E-state index in [1.165, 1.54) is 4.57 Å². The molecule has 0 unspecified atom stereocenters. The Morgan fingerprint density at radius 1 is 0.974 bits per heavy atom. The van der Waals surface area contributed by atoms with E-state index >= 15 is 0 Å². The van der Waals surface area contributed by atoms with Crippen LogP contribution in [0.3, 0.4) is 0 Å². The summed E-state index contributed by atoms with van der Waals surface area (Å²) in [6.45, 7) is 6.66. The summed E-state index contributed by atoms with van der Waals surface area (Å²) in [5.41, 5.74) is 4.81. The molecule has 2 aromatic heterocycles. The van der Waals surface area contributed by atoms with Crippen LogP contribution in [0.25, 0.3) is 17.1 Å². The molecule has 4 rings (SSSR count). The van der Waals surface area contributed by atoms with Crippen LogP contribution in [0.15, 0.2) is 65.7 Å². The number of benzene rings is 2. The second kappa shape index (κ2) is 12.8. The van der Waals surface area contributed by atoms with Gasteiger partial charge >= 0.3 is 0 Å². The SMILES string of the molecule is CCCCOc1cnc(-n2c(C)nc(CCCC)c(Cc3ccc(-c4ccccc4C#N)cc3)c2=O)nc1. The van der Waals surface area contributed by atoms with Crippen molar-refractivity contribution in [1.82, 2.24) is 19.5 Å². The van der Waals surface area contributed by atoms with Gasteiger partial charge in [0.1, 0.15) is 5.82 Å². The van der Waals surface area contributed by atoms with Gasteiger partial charge in [0, 0.05) is 12.0 Å². The number of rotatable bonds is 11. The maximum absolute atomic E-state index is 13.8. The summed E-state index contributed by atoms with van der Waals surface area (Å²) >= 11 is 0. The molecular weight excluding hydrogens is 474 g/mol. The minimum absolute atomic E-state index is 0.151. The number of ether oxygens (including phenoxy) is 1. The Hall–Kier alpha value is -4.31. The second-order valence-electron chi connectivity index (χ2n) is 9.28. The van der Waals surface area contributed by atoms with Crippen molar-refractivity contribution in [3.05, 3.63) is 99.5 Å². The number of nitrogens with zero attached hydrogens (tertiary/aromatic N) is 5. The first kappa shape index (κ1) is 26.7. The van der Waals surface area contributed by atoms with E-state index in [0.29, 0.717) is 35.7 Å². The molecular formula is C31H33N5O2. The van der Waals surface area contributed by atoms with E-state index in [1.54, 1.807) is 12.4 Å². The Balaban J connectivity index is 1.67. The zero-order valence-electron chi connectivity index (χ0n) is 22.3. The van der Waals surface area contributed by atoms with Crippen LogP contribution in [0.5, 0.6) is 5.75 Å². The highest BCUT2D eigenvalue weighted by Crippen LogP contribution is 2.24. The molecule has 0 saturated carbocycles. The molecule has 7 nitrogen and oxygen atoms in total. The summed E-state index contributed by atoms with van der Waals surface area (Å²) in [7, 11) is 0. The molecule has 0 aliphatic carbocycles. The maximum atomic E-state index is 13.8. The lowest BCUT2D eigenvalue weighted by Gasteiger charge is -2.15. The van der Waals surface area contributed by atoms with Gasteiger partial charge in [-0.3, -0.25) is 4.79 Å². The Labute approximate surface area is 223 Å². The van der Waals surface area contributed by atoms with E-state index < -0.39 is 0 Å². The van der Waals surface area contributed by atoms with E-state index in [9.17, 15) is 10.1 Å². The predicted molar refractivity (Wildman–Crippen MR) is 149 cm³/mol. The summed E-state index contributed by atoms with van der Waals surface area (Å²) in [5.74, 6) is 1.43. The normalized spacial score (nSPS) is 10.8. The third-order valence-corrected chi connectivity index (χ3v) is 6.47. The average Bonchev–Trinajstić information content (AvgIpc) is 2.95. The zero-order valence-corrected chi connectivity index (χ0v) is 22.3. The first-order valence-corrected chi connectivity index (χ1v) is 13.2. The average molecular weight is 508 g/mol. The highest BCUT2D eigenvalue weighted by Gasteiger charge is 2.18. The quantitative estimate of drug-likeness (QED) is 0.232. The summed E-state index contributed by atoms with van der Waals surface area (Å²) < 4.78 is 7.16. The molecule has 0 N–H and O–H groups in total. The molecule has 0 aliphatic rings. The van der Waals surface area contributed by atoms with Crippen molar-refractivity contribution in [2.24, 2.45) is 0 Å². The van der Waals surface area contributed by atoms with Gasteiger partial charge in [0.2, 0.25) is 5.95 Å². The van der Waals surface area contributed by atoms with E-state index in [-0.39, 0.29) is 11.5 Å². The monoisotopic (exact) mass is 507 g/mol. The van der Waals surface area contributed by atoms with E-state index in [1.807, 2.05) is 55.5 Å². The molecule has 0 amide bonds. The number of aromatic nitrogens is 4. The molecule has 38 heavy (non-hydrogen) atoms. The smallest absolute Gasteiger partial charge is 0.264 e. The second-order valence-corrected chi connectivity index (χ2v) is 9.28. The van der Waals surface area contributed by atoms with Gasteiger partial charge in [-0.25, -0.2) is 19.5 Å². The lowest BCUT2D eigenvalue weighted by molar-refractivity contribution is 0.306. The molecule has 0 bridgehead atoms. The van der Waals surface area contributed by atoms with Gasteiger partial charge in [-0.1, -0.05) is 69.2 Å². The van der Waals surface area contributed by atoms with Crippen LogP contribution in [0.4, 0.5) is 0 Å². The summed E-state index contributed by atoms with van der Waals surface area (Å²) in [6.07, 6.45) is 8.36. The van der Waals surface area contributed by atoms with Gasteiger partial charge < -0.3 is 4.74 Å². The van der Waals surface area contributed by atoms with Crippen molar-refractivity contribution < 1.29 is 4.74 Å². The van der Waals surface area contributed by atoms with E-state index in [2.05, 4.69) is 29.9 Å². The van der Waals surface area contributed by atoms with Crippen LogP contribution in [0.1, 0.15) is 67.7 Å². The molecule has 194 valence electrons. The number of aryl methyl sites for hydroxylation is 2. The minimum atomic E-state index is -0.151. The first-order chi connectivity index (χ1) is 18.5. The van der Waals surface area contributed by atoms with Crippen molar-refractivity contribution in [3.8, 4) is 28.9 Å². The number of unbranched alkanes of at least 4 members (excludes halogenated alkanes) is 2. The van der Waals surface area contributed by atoms with Crippen molar-refractivity contribution >= 4 is 0 Å². The fraction of sp³-hybridized carbons (Fsp3) is 0.323. The molecule has 7 heteroatoms. The van der Waals surface area contributed by atoms with Crippen molar-refractivity contribution in [2.45, 2.75) is 59.3 Å². The molecule has 4 aromatic rings. The van der Waals surface area contributed by atoms with Gasteiger partial charge in [0.15, 0.2) is 5.75 Å². The molecule has 0 atom stereocenters. The van der Waals surface area contributed by atoms with Crippen LogP contribution in [-0.4, -0.2) is 26.1 Å². The summed E-state index contributed by atoms with van der Waals surface area (Å²) in [5, 5.41) is 9.46.